The van der Waals surface area contributed by atoms with E-state index in [-0.39, 0.29) is 12.3 Å². The van der Waals surface area contributed by atoms with Crippen LogP contribution < -0.4 is 8.91 Å². The average Bonchev–Trinajstić information content (AvgIpc) is 2.67. The number of hydrogen-bond acceptors (Lipinski definition) is 4. The summed E-state index contributed by atoms with van der Waals surface area (Å²) in [5, 5.41) is 0. The fraction of sp³-hybridized carbons (Fsp3) is 0.0500. The van der Waals surface area contributed by atoms with E-state index in [1.165, 1.54) is 0 Å². The van der Waals surface area contributed by atoms with Crippen LogP contribution in [-0.2, 0) is 16.8 Å². The zero-order valence-corrected chi connectivity index (χ0v) is 14.5. The van der Waals surface area contributed by atoms with Crippen molar-refractivity contribution in [2.24, 2.45) is 0 Å². The standard InChI is InChI=1S/C20H15NO4S/c22-19(15-5-2-1-3-6-15)16-11-9-14(10-12-16)18-8-4-7-17-13-21-26(23,24)25-20(17)18/h1-12,21H,13H2. The van der Waals surface area contributed by atoms with E-state index < -0.39 is 10.3 Å². The van der Waals surface area contributed by atoms with Gasteiger partial charge >= 0.3 is 10.3 Å². The Morgan fingerprint density at radius 3 is 2.27 bits per heavy atom. The van der Waals surface area contributed by atoms with Crippen molar-refractivity contribution in [1.82, 2.24) is 4.72 Å². The summed E-state index contributed by atoms with van der Waals surface area (Å²) in [6.07, 6.45) is 0. The molecule has 0 unspecified atom stereocenters. The quantitative estimate of drug-likeness (QED) is 0.723. The second-order valence-electron chi connectivity index (χ2n) is 5.92. The zero-order valence-electron chi connectivity index (χ0n) is 13.7. The van der Waals surface area contributed by atoms with Gasteiger partial charge in [0, 0.05) is 28.8 Å². The van der Waals surface area contributed by atoms with Gasteiger partial charge in [0.2, 0.25) is 0 Å². The molecule has 0 saturated heterocycles. The molecule has 0 atom stereocenters. The third-order valence-electron chi connectivity index (χ3n) is 4.22. The summed E-state index contributed by atoms with van der Waals surface area (Å²) in [7, 11) is -3.79. The summed E-state index contributed by atoms with van der Waals surface area (Å²) < 4.78 is 30.9. The normalized spacial score (nSPS) is 14.9. The van der Waals surface area contributed by atoms with Gasteiger partial charge in [-0.3, -0.25) is 4.79 Å². The van der Waals surface area contributed by atoms with Crippen LogP contribution in [0.15, 0.2) is 72.8 Å². The molecule has 3 aromatic carbocycles. The molecule has 0 saturated carbocycles. The Hall–Kier alpha value is -2.96. The zero-order chi connectivity index (χ0) is 18.1. The lowest BCUT2D eigenvalue weighted by molar-refractivity contribution is 0.103. The molecule has 0 aliphatic carbocycles. The average molecular weight is 365 g/mol. The molecular weight excluding hydrogens is 350 g/mol. The Morgan fingerprint density at radius 1 is 0.846 bits per heavy atom. The van der Waals surface area contributed by atoms with Crippen LogP contribution in [0.2, 0.25) is 0 Å². The molecule has 0 radical (unpaired) electrons. The van der Waals surface area contributed by atoms with Crippen molar-refractivity contribution in [2.75, 3.05) is 0 Å². The molecule has 26 heavy (non-hydrogen) atoms. The van der Waals surface area contributed by atoms with E-state index in [2.05, 4.69) is 4.72 Å². The van der Waals surface area contributed by atoms with E-state index in [1.807, 2.05) is 30.3 Å². The predicted molar refractivity (Wildman–Crippen MR) is 98.1 cm³/mol. The first-order valence-electron chi connectivity index (χ1n) is 8.05. The van der Waals surface area contributed by atoms with Gasteiger partial charge in [-0.15, -0.1) is 0 Å². The van der Waals surface area contributed by atoms with Crippen LogP contribution >= 0.6 is 0 Å². The number of carbonyl (C=O) groups excluding carboxylic acids is 1. The second kappa shape index (κ2) is 6.40. The van der Waals surface area contributed by atoms with Gasteiger partial charge in [-0.1, -0.05) is 72.8 Å². The van der Waals surface area contributed by atoms with Gasteiger partial charge in [0.15, 0.2) is 11.5 Å². The Balaban J connectivity index is 1.70. The molecule has 0 amide bonds. The van der Waals surface area contributed by atoms with Crippen molar-refractivity contribution in [3.05, 3.63) is 89.5 Å². The molecule has 1 aliphatic heterocycles. The molecular formula is C20H15NO4S. The summed E-state index contributed by atoms with van der Waals surface area (Å²) >= 11 is 0. The van der Waals surface area contributed by atoms with Crippen molar-refractivity contribution in [3.8, 4) is 16.9 Å². The number of rotatable bonds is 3. The van der Waals surface area contributed by atoms with Crippen molar-refractivity contribution in [3.63, 3.8) is 0 Å². The second-order valence-corrected chi connectivity index (χ2v) is 7.29. The van der Waals surface area contributed by atoms with Crippen LogP contribution in [0.5, 0.6) is 5.75 Å². The molecule has 1 N–H and O–H groups in total. The highest BCUT2D eigenvalue weighted by atomic mass is 32.2. The van der Waals surface area contributed by atoms with Gasteiger partial charge in [0.05, 0.1) is 0 Å². The fourth-order valence-electron chi connectivity index (χ4n) is 2.91. The lowest BCUT2D eigenvalue weighted by atomic mass is 9.97. The lowest BCUT2D eigenvalue weighted by Gasteiger charge is -2.20. The first-order valence-corrected chi connectivity index (χ1v) is 9.45. The van der Waals surface area contributed by atoms with Crippen LogP contribution in [0.4, 0.5) is 0 Å². The maximum Gasteiger partial charge on any atom is 0.382 e. The van der Waals surface area contributed by atoms with E-state index in [4.69, 9.17) is 4.18 Å². The minimum absolute atomic E-state index is 0.0599. The minimum Gasteiger partial charge on any atom is -0.370 e. The van der Waals surface area contributed by atoms with Crippen molar-refractivity contribution >= 4 is 16.1 Å². The SMILES string of the molecule is O=C(c1ccccc1)c1ccc(-c2cccc3c2OS(=O)(=O)NC3)cc1. The molecule has 0 bridgehead atoms. The van der Waals surface area contributed by atoms with Crippen molar-refractivity contribution < 1.29 is 17.4 Å². The maximum absolute atomic E-state index is 12.5. The number of hydrogen-bond donors (Lipinski definition) is 1. The van der Waals surface area contributed by atoms with E-state index in [0.29, 0.717) is 22.4 Å². The predicted octanol–water partition coefficient (Wildman–Crippen LogP) is 3.31. The number of benzene rings is 3. The van der Waals surface area contributed by atoms with Gasteiger partial charge in [-0.2, -0.15) is 13.1 Å². The summed E-state index contributed by atoms with van der Waals surface area (Å²) in [5.41, 5.74) is 3.41. The van der Waals surface area contributed by atoms with Gasteiger partial charge in [0.1, 0.15) is 0 Å². The molecule has 130 valence electrons. The highest BCUT2D eigenvalue weighted by Crippen LogP contribution is 2.36. The highest BCUT2D eigenvalue weighted by molar-refractivity contribution is 7.85. The first-order chi connectivity index (χ1) is 12.5. The third kappa shape index (κ3) is 3.12. The van der Waals surface area contributed by atoms with Crippen LogP contribution in [0.3, 0.4) is 0 Å². The van der Waals surface area contributed by atoms with Crippen LogP contribution in [0, 0.1) is 0 Å². The van der Waals surface area contributed by atoms with Crippen LogP contribution in [0.1, 0.15) is 21.5 Å². The Bertz CT molecular complexity index is 1070. The largest absolute Gasteiger partial charge is 0.382 e. The lowest BCUT2D eigenvalue weighted by Crippen LogP contribution is -2.32. The van der Waals surface area contributed by atoms with Gasteiger partial charge < -0.3 is 4.18 Å². The summed E-state index contributed by atoms with van der Waals surface area (Å²) in [4.78, 5) is 12.5. The summed E-state index contributed by atoms with van der Waals surface area (Å²) in [5.74, 6) is 0.267. The number of ketones is 1. The fourth-order valence-corrected chi connectivity index (χ4v) is 3.72. The van der Waals surface area contributed by atoms with E-state index >= 15 is 0 Å². The van der Waals surface area contributed by atoms with Crippen molar-refractivity contribution in [1.29, 1.82) is 0 Å². The Kier molecular flexibility index (Phi) is 4.06. The topological polar surface area (TPSA) is 72.5 Å². The number of fused-ring (bicyclic) bond motifs is 1. The van der Waals surface area contributed by atoms with Crippen molar-refractivity contribution in [2.45, 2.75) is 6.54 Å². The Morgan fingerprint density at radius 2 is 1.54 bits per heavy atom. The monoisotopic (exact) mass is 365 g/mol. The maximum atomic E-state index is 12.5. The molecule has 3 aromatic rings. The Labute approximate surface area is 151 Å². The number of para-hydroxylation sites is 1. The molecule has 0 aromatic heterocycles. The van der Waals surface area contributed by atoms with Crippen LogP contribution in [0.25, 0.3) is 11.1 Å². The smallest absolute Gasteiger partial charge is 0.370 e. The molecule has 0 fully saturated rings. The first kappa shape index (κ1) is 16.5. The van der Waals surface area contributed by atoms with E-state index in [1.54, 1.807) is 42.5 Å². The molecule has 0 spiro atoms. The van der Waals surface area contributed by atoms with Crippen LogP contribution in [-0.4, -0.2) is 14.2 Å². The minimum atomic E-state index is -3.79. The number of nitrogens with one attached hydrogen (secondary N) is 1. The molecule has 5 nitrogen and oxygen atoms in total. The molecule has 1 aliphatic rings. The van der Waals surface area contributed by atoms with Gasteiger partial charge in [-0.05, 0) is 5.56 Å². The summed E-state index contributed by atoms with van der Waals surface area (Å²) in [6, 6.07) is 21.6. The van der Waals surface area contributed by atoms with E-state index in [9.17, 15) is 13.2 Å². The molecule has 6 heteroatoms. The molecule has 1 heterocycles. The summed E-state index contributed by atoms with van der Waals surface area (Å²) in [6.45, 7) is 0.191. The third-order valence-corrected chi connectivity index (χ3v) is 5.11. The highest BCUT2D eigenvalue weighted by Gasteiger charge is 2.24. The number of carbonyl (C=O) groups is 1. The van der Waals surface area contributed by atoms with Gasteiger partial charge in [0.25, 0.3) is 0 Å². The molecule has 4 rings (SSSR count). The van der Waals surface area contributed by atoms with E-state index in [0.717, 1.165) is 11.1 Å². The van der Waals surface area contributed by atoms with Gasteiger partial charge in [-0.25, -0.2) is 0 Å².